The maximum Gasteiger partial charge on any atom is 0.0539 e. The average molecular weight is 384 g/mol. The van der Waals surface area contributed by atoms with Crippen LogP contribution in [0.3, 0.4) is 0 Å². The van der Waals surface area contributed by atoms with E-state index in [0.717, 1.165) is 5.02 Å². The molecule has 1 saturated carbocycles. The minimum atomic E-state index is 0.117. The lowest BCUT2D eigenvalue weighted by molar-refractivity contribution is 0.343. The van der Waals surface area contributed by atoms with Crippen LogP contribution >= 0.6 is 11.6 Å². The largest absolute Gasteiger partial charge is 0.312 e. The molecule has 1 fully saturated rings. The molecule has 1 spiro atoms. The van der Waals surface area contributed by atoms with Crippen LogP contribution in [0.5, 0.6) is 0 Å². The quantitative estimate of drug-likeness (QED) is 0.320. The Kier molecular flexibility index (Phi) is 3.52. The van der Waals surface area contributed by atoms with E-state index >= 15 is 0 Å². The lowest BCUT2D eigenvalue weighted by Gasteiger charge is -2.36. The van der Waals surface area contributed by atoms with Gasteiger partial charge in [-0.05, 0) is 54.3 Å². The van der Waals surface area contributed by atoms with Gasteiger partial charge in [0.25, 0.3) is 0 Å². The SMILES string of the molecule is Clc1ccc2c(c1)c1c(n2-c2ccccc2)C2(CCCCC2)c2ccccc2-1. The third-order valence-corrected chi connectivity index (χ3v) is 7.05. The molecule has 28 heavy (non-hydrogen) atoms. The van der Waals surface area contributed by atoms with E-state index in [0.29, 0.717) is 0 Å². The first kappa shape index (κ1) is 16.4. The van der Waals surface area contributed by atoms with Gasteiger partial charge in [0.05, 0.1) is 5.52 Å². The highest BCUT2D eigenvalue weighted by Gasteiger charge is 2.47. The van der Waals surface area contributed by atoms with Crippen LogP contribution in [0.15, 0.2) is 72.8 Å². The Morgan fingerprint density at radius 3 is 2.36 bits per heavy atom. The minimum absolute atomic E-state index is 0.117. The second kappa shape index (κ2) is 5.99. The topological polar surface area (TPSA) is 4.93 Å². The van der Waals surface area contributed by atoms with E-state index in [1.165, 1.54) is 71.1 Å². The zero-order chi connectivity index (χ0) is 18.7. The third-order valence-electron chi connectivity index (χ3n) is 6.82. The molecule has 2 heteroatoms. The number of benzene rings is 3. The lowest BCUT2D eigenvalue weighted by Crippen LogP contribution is -2.30. The molecule has 1 nitrogen and oxygen atoms in total. The van der Waals surface area contributed by atoms with Crippen molar-refractivity contribution in [3.63, 3.8) is 0 Å². The van der Waals surface area contributed by atoms with E-state index in [-0.39, 0.29) is 5.41 Å². The predicted molar refractivity (Wildman–Crippen MR) is 118 cm³/mol. The predicted octanol–water partition coefficient (Wildman–Crippen LogP) is 7.51. The number of nitrogens with zero attached hydrogens (tertiary/aromatic N) is 1. The van der Waals surface area contributed by atoms with Crippen LogP contribution in [0.25, 0.3) is 27.7 Å². The second-order valence-electron chi connectivity index (χ2n) is 8.24. The summed E-state index contributed by atoms with van der Waals surface area (Å²) in [5.41, 5.74) is 8.43. The van der Waals surface area contributed by atoms with Gasteiger partial charge in [0.2, 0.25) is 0 Å². The smallest absolute Gasteiger partial charge is 0.0539 e. The Hall–Kier alpha value is -2.51. The molecule has 1 heterocycles. The van der Waals surface area contributed by atoms with Crippen LogP contribution < -0.4 is 0 Å². The van der Waals surface area contributed by atoms with Crippen molar-refractivity contribution in [3.05, 3.63) is 89.1 Å². The average Bonchev–Trinajstić information content (AvgIpc) is 3.22. The van der Waals surface area contributed by atoms with E-state index in [1.54, 1.807) is 0 Å². The molecule has 1 aromatic heterocycles. The molecule has 0 aliphatic heterocycles. The van der Waals surface area contributed by atoms with Crippen molar-refractivity contribution in [1.29, 1.82) is 0 Å². The van der Waals surface area contributed by atoms with Crippen LogP contribution in [0.4, 0.5) is 0 Å². The van der Waals surface area contributed by atoms with Gasteiger partial charge in [-0.15, -0.1) is 0 Å². The zero-order valence-electron chi connectivity index (χ0n) is 15.8. The molecule has 4 aromatic rings. The number of aromatic nitrogens is 1. The summed E-state index contributed by atoms with van der Waals surface area (Å²) in [5.74, 6) is 0. The fraction of sp³-hybridized carbons (Fsp3) is 0.231. The number of halogens is 1. The fourth-order valence-electron chi connectivity index (χ4n) is 5.74. The molecule has 3 aromatic carbocycles. The van der Waals surface area contributed by atoms with Crippen molar-refractivity contribution in [2.75, 3.05) is 0 Å². The summed E-state index contributed by atoms with van der Waals surface area (Å²) in [5, 5.41) is 2.09. The Labute approximate surface area is 170 Å². The first-order valence-electron chi connectivity index (χ1n) is 10.3. The van der Waals surface area contributed by atoms with Gasteiger partial charge in [-0.3, -0.25) is 0 Å². The van der Waals surface area contributed by atoms with Crippen LogP contribution in [-0.2, 0) is 5.41 Å². The third kappa shape index (κ3) is 2.08. The Morgan fingerprint density at radius 2 is 1.54 bits per heavy atom. The molecule has 0 atom stereocenters. The number of hydrogen-bond acceptors (Lipinski definition) is 0. The fourth-order valence-corrected chi connectivity index (χ4v) is 5.91. The summed E-state index contributed by atoms with van der Waals surface area (Å²) in [4.78, 5) is 0. The summed E-state index contributed by atoms with van der Waals surface area (Å²) in [6.45, 7) is 0. The summed E-state index contributed by atoms with van der Waals surface area (Å²) in [6.07, 6.45) is 6.40. The number of fused-ring (bicyclic) bond motifs is 7. The maximum atomic E-state index is 6.47. The standard InChI is InChI=1S/C26H22ClN/c27-18-13-14-23-21(17-18)24-20-11-5-6-12-22(20)26(15-7-2-8-16-26)25(24)28(23)19-9-3-1-4-10-19/h1,3-6,9-14,17H,2,7-8,15-16H2. The van der Waals surface area contributed by atoms with Crippen LogP contribution in [-0.4, -0.2) is 4.57 Å². The van der Waals surface area contributed by atoms with Gasteiger partial charge in [-0.2, -0.15) is 0 Å². The van der Waals surface area contributed by atoms with Crippen LogP contribution in [0.1, 0.15) is 43.4 Å². The van der Waals surface area contributed by atoms with Crippen molar-refractivity contribution in [2.24, 2.45) is 0 Å². The van der Waals surface area contributed by atoms with E-state index in [1.807, 2.05) is 6.07 Å². The molecule has 0 saturated heterocycles. The molecule has 0 bridgehead atoms. The lowest BCUT2D eigenvalue weighted by atomic mass is 9.69. The highest BCUT2D eigenvalue weighted by atomic mass is 35.5. The first-order chi connectivity index (χ1) is 13.8. The monoisotopic (exact) mass is 383 g/mol. The molecule has 6 rings (SSSR count). The second-order valence-corrected chi connectivity index (χ2v) is 8.68. The van der Waals surface area contributed by atoms with E-state index < -0.39 is 0 Å². The molecular formula is C26H22ClN. The number of para-hydroxylation sites is 1. The number of hydrogen-bond donors (Lipinski definition) is 0. The van der Waals surface area contributed by atoms with Crippen molar-refractivity contribution < 1.29 is 0 Å². The summed E-state index contributed by atoms with van der Waals surface area (Å²) in [7, 11) is 0. The highest BCUT2D eigenvalue weighted by molar-refractivity contribution is 6.31. The van der Waals surface area contributed by atoms with Crippen molar-refractivity contribution in [2.45, 2.75) is 37.5 Å². The molecule has 2 aliphatic rings. The zero-order valence-corrected chi connectivity index (χ0v) is 16.5. The molecule has 138 valence electrons. The van der Waals surface area contributed by atoms with Gasteiger partial charge in [0, 0.05) is 32.8 Å². The van der Waals surface area contributed by atoms with Crippen molar-refractivity contribution in [1.82, 2.24) is 4.57 Å². The molecule has 2 aliphatic carbocycles. The van der Waals surface area contributed by atoms with Gasteiger partial charge < -0.3 is 4.57 Å². The molecule has 0 unspecified atom stereocenters. The molecule has 0 N–H and O–H groups in total. The van der Waals surface area contributed by atoms with Crippen LogP contribution in [0.2, 0.25) is 5.02 Å². The maximum absolute atomic E-state index is 6.47. The van der Waals surface area contributed by atoms with Crippen LogP contribution in [0, 0.1) is 0 Å². The molecule has 0 amide bonds. The molecular weight excluding hydrogens is 362 g/mol. The van der Waals surface area contributed by atoms with Gasteiger partial charge in [-0.1, -0.05) is 73.3 Å². The highest BCUT2D eigenvalue weighted by Crippen LogP contribution is 2.59. The van der Waals surface area contributed by atoms with Gasteiger partial charge in [0.15, 0.2) is 0 Å². The van der Waals surface area contributed by atoms with E-state index in [2.05, 4.69) is 71.3 Å². The summed E-state index contributed by atoms with van der Waals surface area (Å²) in [6, 6.07) is 26.3. The Bertz CT molecular complexity index is 1200. The van der Waals surface area contributed by atoms with Crippen molar-refractivity contribution in [3.8, 4) is 16.8 Å². The molecule has 0 radical (unpaired) electrons. The van der Waals surface area contributed by atoms with Gasteiger partial charge >= 0.3 is 0 Å². The Morgan fingerprint density at radius 1 is 0.786 bits per heavy atom. The summed E-state index contributed by atoms with van der Waals surface area (Å²) < 4.78 is 2.52. The number of rotatable bonds is 1. The first-order valence-corrected chi connectivity index (χ1v) is 10.7. The Balaban J connectivity index is 1.81. The summed E-state index contributed by atoms with van der Waals surface area (Å²) >= 11 is 6.47. The normalized spacial score (nSPS) is 17.0. The van der Waals surface area contributed by atoms with Crippen molar-refractivity contribution >= 4 is 22.5 Å². The van der Waals surface area contributed by atoms with E-state index in [4.69, 9.17) is 11.6 Å². The van der Waals surface area contributed by atoms with E-state index in [9.17, 15) is 0 Å². The van der Waals surface area contributed by atoms with Gasteiger partial charge in [-0.25, -0.2) is 0 Å². The minimum Gasteiger partial charge on any atom is -0.312 e. The van der Waals surface area contributed by atoms with Gasteiger partial charge in [0.1, 0.15) is 0 Å².